The molecule has 1 N–H and O–H groups in total. The Balaban J connectivity index is 2.10. The predicted octanol–water partition coefficient (Wildman–Crippen LogP) is 5.93. The number of benzene rings is 3. The van der Waals surface area contributed by atoms with Gasteiger partial charge >= 0.3 is 0 Å². The average molecular weight is 619 g/mol. The summed E-state index contributed by atoms with van der Waals surface area (Å²) >= 11 is 13.0. The molecule has 0 bridgehead atoms. The second-order valence-electron chi connectivity index (χ2n) is 10.2. The van der Waals surface area contributed by atoms with Crippen molar-refractivity contribution in [1.82, 2.24) is 10.2 Å². The van der Waals surface area contributed by atoms with Gasteiger partial charge in [0.1, 0.15) is 12.6 Å². The fourth-order valence-corrected chi connectivity index (χ4v) is 5.97. The van der Waals surface area contributed by atoms with E-state index in [-0.39, 0.29) is 18.9 Å². The van der Waals surface area contributed by atoms with Crippen molar-refractivity contribution in [2.24, 2.45) is 0 Å². The van der Waals surface area contributed by atoms with Gasteiger partial charge in [-0.2, -0.15) is 0 Å². The number of hydrogen-bond donors (Lipinski definition) is 1. The van der Waals surface area contributed by atoms with Crippen LogP contribution < -0.4 is 9.62 Å². The Labute approximate surface area is 253 Å². The molecule has 0 aliphatic carbocycles. The standard InChI is InChI=1S/C31H37Cl2N3O4S/c1-5-6-15-34-31(38)29(19-24-11-8-7-9-12-24)35(20-26-27(32)13-10-14-28(26)33)30(37)21-36(41(4,39)40)25-17-22(2)16-23(3)18-25/h7-14,16-18,29H,5-6,15,19-21H2,1-4H3,(H,34,38). The monoisotopic (exact) mass is 617 g/mol. The van der Waals surface area contributed by atoms with Crippen molar-refractivity contribution in [2.45, 2.75) is 52.6 Å². The molecule has 3 rings (SSSR count). The van der Waals surface area contributed by atoms with Gasteiger partial charge in [0.15, 0.2) is 0 Å². The van der Waals surface area contributed by atoms with Crippen LogP contribution in [0.25, 0.3) is 0 Å². The Morgan fingerprint density at radius 2 is 1.54 bits per heavy atom. The summed E-state index contributed by atoms with van der Waals surface area (Å²) in [6.45, 7) is 5.61. The van der Waals surface area contributed by atoms with E-state index in [1.807, 2.05) is 57.2 Å². The van der Waals surface area contributed by atoms with E-state index in [1.54, 1.807) is 30.3 Å². The van der Waals surface area contributed by atoms with Crippen LogP contribution in [0.1, 0.15) is 42.0 Å². The van der Waals surface area contributed by atoms with Gasteiger partial charge in [-0.1, -0.05) is 79.0 Å². The molecule has 0 radical (unpaired) electrons. The quantitative estimate of drug-likeness (QED) is 0.241. The maximum Gasteiger partial charge on any atom is 0.244 e. The van der Waals surface area contributed by atoms with Crippen molar-refractivity contribution >= 4 is 50.7 Å². The van der Waals surface area contributed by atoms with Crippen LogP contribution in [0.3, 0.4) is 0 Å². The molecule has 2 amide bonds. The molecule has 1 atom stereocenters. The lowest BCUT2D eigenvalue weighted by Gasteiger charge is -2.34. The smallest absolute Gasteiger partial charge is 0.244 e. The van der Waals surface area contributed by atoms with Crippen LogP contribution in [0.4, 0.5) is 5.69 Å². The van der Waals surface area contributed by atoms with Crippen molar-refractivity contribution < 1.29 is 18.0 Å². The number of aryl methyl sites for hydroxylation is 2. The molecule has 1 unspecified atom stereocenters. The first kappa shape index (κ1) is 32.4. The third-order valence-corrected chi connectivity index (χ3v) is 8.51. The minimum atomic E-state index is -3.86. The lowest BCUT2D eigenvalue weighted by molar-refractivity contribution is -0.140. The molecule has 0 fully saturated rings. The van der Waals surface area contributed by atoms with E-state index in [1.165, 1.54) is 4.90 Å². The van der Waals surface area contributed by atoms with Gasteiger partial charge in [-0.25, -0.2) is 8.42 Å². The number of sulfonamides is 1. The molecule has 0 spiro atoms. The molecule has 0 aromatic heterocycles. The second kappa shape index (κ2) is 14.7. The van der Waals surface area contributed by atoms with Gasteiger partial charge in [-0.3, -0.25) is 13.9 Å². The summed E-state index contributed by atoms with van der Waals surface area (Å²) in [4.78, 5) is 29.2. The van der Waals surface area contributed by atoms with E-state index >= 15 is 0 Å². The van der Waals surface area contributed by atoms with E-state index in [2.05, 4.69) is 5.32 Å². The summed E-state index contributed by atoms with van der Waals surface area (Å²) in [7, 11) is -3.86. The van der Waals surface area contributed by atoms with Gasteiger partial charge in [-0.15, -0.1) is 0 Å². The predicted molar refractivity (Wildman–Crippen MR) is 167 cm³/mol. The topological polar surface area (TPSA) is 86.8 Å². The molecular weight excluding hydrogens is 581 g/mol. The van der Waals surface area contributed by atoms with E-state index in [0.29, 0.717) is 27.8 Å². The molecule has 0 heterocycles. The van der Waals surface area contributed by atoms with Crippen LogP contribution in [0.15, 0.2) is 66.7 Å². The first-order valence-corrected chi connectivity index (χ1v) is 16.1. The Morgan fingerprint density at radius 3 is 2.10 bits per heavy atom. The summed E-state index contributed by atoms with van der Waals surface area (Å²) in [5.41, 5.74) is 3.42. The van der Waals surface area contributed by atoms with Crippen LogP contribution in [0.5, 0.6) is 0 Å². The summed E-state index contributed by atoms with van der Waals surface area (Å²) in [6.07, 6.45) is 2.95. The van der Waals surface area contributed by atoms with Gasteiger partial charge in [0.2, 0.25) is 21.8 Å². The van der Waals surface area contributed by atoms with E-state index in [0.717, 1.165) is 40.1 Å². The Bertz CT molecular complexity index is 1420. The number of halogens is 2. The average Bonchev–Trinajstić information content (AvgIpc) is 2.90. The minimum absolute atomic E-state index is 0.0829. The highest BCUT2D eigenvalue weighted by Crippen LogP contribution is 2.28. The number of nitrogens with one attached hydrogen (secondary N) is 1. The molecule has 0 saturated carbocycles. The molecule has 7 nitrogen and oxygen atoms in total. The van der Waals surface area contributed by atoms with Crippen LogP contribution in [0, 0.1) is 13.8 Å². The lowest BCUT2D eigenvalue weighted by atomic mass is 10.0. The van der Waals surface area contributed by atoms with Crippen molar-refractivity contribution in [1.29, 1.82) is 0 Å². The number of carbonyl (C=O) groups excluding carboxylic acids is 2. The molecule has 0 aliphatic rings. The van der Waals surface area contributed by atoms with Gasteiger partial charge in [0.05, 0.1) is 11.9 Å². The highest BCUT2D eigenvalue weighted by molar-refractivity contribution is 7.92. The normalized spacial score (nSPS) is 12.0. The van der Waals surface area contributed by atoms with Crippen molar-refractivity contribution in [2.75, 3.05) is 23.7 Å². The summed E-state index contributed by atoms with van der Waals surface area (Å²) in [6, 6.07) is 18.8. The fourth-order valence-electron chi connectivity index (χ4n) is 4.62. The molecule has 0 aliphatic heterocycles. The zero-order valence-corrected chi connectivity index (χ0v) is 26.2. The zero-order chi connectivity index (χ0) is 30.2. The van der Waals surface area contributed by atoms with Gasteiger partial charge < -0.3 is 10.2 Å². The molecular formula is C31H37Cl2N3O4S. The first-order valence-electron chi connectivity index (χ1n) is 13.5. The molecule has 3 aromatic rings. The summed E-state index contributed by atoms with van der Waals surface area (Å²) in [5, 5.41) is 3.64. The van der Waals surface area contributed by atoms with E-state index in [4.69, 9.17) is 23.2 Å². The molecule has 220 valence electrons. The Morgan fingerprint density at radius 1 is 0.927 bits per heavy atom. The number of rotatable bonds is 13. The summed E-state index contributed by atoms with van der Waals surface area (Å²) in [5.74, 6) is -0.895. The first-order chi connectivity index (χ1) is 19.4. The maximum atomic E-state index is 14.2. The molecule has 10 heteroatoms. The fraction of sp³-hybridized carbons (Fsp3) is 0.355. The SMILES string of the molecule is CCCCNC(=O)C(Cc1ccccc1)N(Cc1c(Cl)cccc1Cl)C(=O)CN(c1cc(C)cc(C)c1)S(C)(=O)=O. The van der Waals surface area contributed by atoms with E-state index in [9.17, 15) is 18.0 Å². The molecule has 3 aromatic carbocycles. The Hall–Kier alpha value is -3.07. The number of nitrogens with zero attached hydrogens (tertiary/aromatic N) is 2. The minimum Gasteiger partial charge on any atom is -0.354 e. The lowest BCUT2D eigenvalue weighted by Crippen LogP contribution is -2.53. The maximum absolute atomic E-state index is 14.2. The summed E-state index contributed by atoms with van der Waals surface area (Å²) < 4.78 is 27.0. The number of amides is 2. The highest BCUT2D eigenvalue weighted by Gasteiger charge is 2.33. The van der Waals surface area contributed by atoms with Gasteiger partial charge in [0, 0.05) is 35.1 Å². The van der Waals surface area contributed by atoms with Crippen LogP contribution in [-0.2, 0) is 32.6 Å². The third kappa shape index (κ3) is 9.21. The number of hydrogen-bond acceptors (Lipinski definition) is 4. The Kier molecular flexibility index (Phi) is 11.6. The molecule has 0 saturated heterocycles. The molecule has 41 heavy (non-hydrogen) atoms. The van der Waals surface area contributed by atoms with Crippen molar-refractivity contribution in [3.05, 3.63) is 99.0 Å². The van der Waals surface area contributed by atoms with Gasteiger partial charge in [0.25, 0.3) is 0 Å². The van der Waals surface area contributed by atoms with E-state index < -0.39 is 28.5 Å². The second-order valence-corrected chi connectivity index (χ2v) is 12.9. The van der Waals surface area contributed by atoms with Crippen LogP contribution >= 0.6 is 23.2 Å². The third-order valence-electron chi connectivity index (χ3n) is 6.66. The van der Waals surface area contributed by atoms with Crippen LogP contribution in [0.2, 0.25) is 10.0 Å². The zero-order valence-electron chi connectivity index (χ0n) is 23.9. The number of unbranched alkanes of at least 4 members (excludes halogenated alkanes) is 1. The van der Waals surface area contributed by atoms with Gasteiger partial charge in [-0.05, 0) is 61.2 Å². The van der Waals surface area contributed by atoms with Crippen molar-refractivity contribution in [3.8, 4) is 0 Å². The number of carbonyl (C=O) groups is 2. The van der Waals surface area contributed by atoms with Crippen LogP contribution in [-0.4, -0.2) is 50.5 Å². The largest absolute Gasteiger partial charge is 0.354 e. The highest BCUT2D eigenvalue weighted by atomic mass is 35.5. The number of anilines is 1. The van der Waals surface area contributed by atoms with Crippen molar-refractivity contribution in [3.63, 3.8) is 0 Å².